The van der Waals surface area contributed by atoms with E-state index in [2.05, 4.69) is 10.3 Å². The number of halogens is 2. The molecule has 2 unspecified atom stereocenters. The van der Waals surface area contributed by atoms with Crippen LogP contribution >= 0.6 is 0 Å². The zero-order chi connectivity index (χ0) is 25.5. The molecule has 1 aliphatic rings. The van der Waals surface area contributed by atoms with E-state index >= 15 is 0 Å². The molecule has 10 heteroatoms. The number of hydrogen-bond donors (Lipinski definition) is 2. The van der Waals surface area contributed by atoms with Crippen molar-refractivity contribution in [2.75, 3.05) is 23.3 Å². The summed E-state index contributed by atoms with van der Waals surface area (Å²) in [7, 11) is 0. The van der Waals surface area contributed by atoms with Crippen molar-refractivity contribution in [2.45, 2.75) is 39.2 Å². The first kappa shape index (κ1) is 24.1. The quantitative estimate of drug-likeness (QED) is 0.561. The van der Waals surface area contributed by atoms with Gasteiger partial charge in [0.05, 0.1) is 11.6 Å². The fourth-order valence-electron chi connectivity index (χ4n) is 4.43. The van der Waals surface area contributed by atoms with Crippen LogP contribution < -0.4 is 15.8 Å². The molecular weight excluding hydrogens is 456 g/mol. The summed E-state index contributed by atoms with van der Waals surface area (Å²) >= 11 is 0. The van der Waals surface area contributed by atoms with E-state index in [9.17, 15) is 28.7 Å². The fourth-order valence-corrected chi connectivity index (χ4v) is 4.43. The smallest absolute Gasteiger partial charge is 0.337 e. The van der Waals surface area contributed by atoms with Gasteiger partial charge in [0, 0.05) is 42.9 Å². The number of nitriles is 1. The van der Waals surface area contributed by atoms with E-state index in [1.807, 2.05) is 12.1 Å². The van der Waals surface area contributed by atoms with Crippen LogP contribution in [0.4, 0.5) is 20.3 Å². The lowest BCUT2D eigenvalue weighted by molar-refractivity contribution is -0.0652. The second-order valence-corrected chi connectivity index (χ2v) is 8.97. The average molecular weight is 482 g/mol. The van der Waals surface area contributed by atoms with Crippen molar-refractivity contribution in [1.29, 1.82) is 5.26 Å². The molecular formula is C25H25F2N5O3. The zero-order valence-corrected chi connectivity index (χ0v) is 19.5. The number of piperidine rings is 1. The van der Waals surface area contributed by atoms with E-state index < -0.39 is 35.8 Å². The number of aryl methyl sites for hydroxylation is 1. The van der Waals surface area contributed by atoms with Crippen LogP contribution in [0.25, 0.3) is 5.65 Å². The predicted octanol–water partition coefficient (Wildman–Crippen LogP) is 4.23. The molecule has 0 saturated carbocycles. The molecule has 3 aromatic rings. The molecule has 35 heavy (non-hydrogen) atoms. The molecule has 1 aliphatic heterocycles. The van der Waals surface area contributed by atoms with E-state index in [-0.39, 0.29) is 35.7 Å². The summed E-state index contributed by atoms with van der Waals surface area (Å²) in [5, 5.41) is 22.4. The second-order valence-electron chi connectivity index (χ2n) is 8.97. The molecule has 4 rings (SSSR count). The largest absolute Gasteiger partial charge is 0.478 e. The number of alkyl halides is 2. The van der Waals surface area contributed by atoms with E-state index in [0.717, 1.165) is 5.56 Å². The maximum atomic E-state index is 14.1. The minimum Gasteiger partial charge on any atom is -0.478 e. The molecule has 0 radical (unpaired) electrons. The molecule has 1 aromatic carbocycles. The van der Waals surface area contributed by atoms with Gasteiger partial charge in [-0.2, -0.15) is 5.26 Å². The number of para-hydroxylation sites is 1. The van der Waals surface area contributed by atoms with Gasteiger partial charge in [-0.3, -0.25) is 9.20 Å². The van der Waals surface area contributed by atoms with E-state index in [4.69, 9.17) is 0 Å². The standard InChI is InChI=1S/C25H25F2N5O3/c1-14-10-18(16(3)29-20-7-5-4-6-17(20)24(34)35)22-30-21(19(11-28)23(33)32(22)12-14)31-9-8-25(26,27)15(2)13-31/h4-7,10,12,15-16,29H,8-9,13H2,1-3H3,(H,34,35). The predicted molar refractivity (Wildman–Crippen MR) is 127 cm³/mol. The first-order valence-corrected chi connectivity index (χ1v) is 11.2. The van der Waals surface area contributed by atoms with Gasteiger partial charge in [0.2, 0.25) is 0 Å². The van der Waals surface area contributed by atoms with Crippen LogP contribution in [0, 0.1) is 24.2 Å². The Morgan fingerprint density at radius 1 is 1.37 bits per heavy atom. The summed E-state index contributed by atoms with van der Waals surface area (Å²) in [4.78, 5) is 31.1. The Kier molecular flexibility index (Phi) is 6.19. The molecule has 0 spiro atoms. The number of anilines is 2. The highest BCUT2D eigenvalue weighted by Crippen LogP contribution is 2.35. The molecule has 0 aliphatic carbocycles. The van der Waals surface area contributed by atoms with Crippen LogP contribution in [0.15, 0.2) is 41.3 Å². The van der Waals surface area contributed by atoms with Crippen molar-refractivity contribution >= 4 is 23.1 Å². The van der Waals surface area contributed by atoms with E-state index in [1.165, 1.54) is 17.4 Å². The van der Waals surface area contributed by atoms with Crippen molar-refractivity contribution in [3.05, 3.63) is 69.1 Å². The van der Waals surface area contributed by atoms with E-state index in [1.54, 1.807) is 43.1 Å². The van der Waals surface area contributed by atoms with Gasteiger partial charge in [0.15, 0.2) is 11.4 Å². The van der Waals surface area contributed by atoms with Gasteiger partial charge in [-0.05, 0) is 37.6 Å². The Morgan fingerprint density at radius 3 is 2.74 bits per heavy atom. The van der Waals surface area contributed by atoms with Gasteiger partial charge in [0.25, 0.3) is 11.5 Å². The monoisotopic (exact) mass is 481 g/mol. The van der Waals surface area contributed by atoms with Crippen LogP contribution in [0.3, 0.4) is 0 Å². The molecule has 182 valence electrons. The average Bonchev–Trinajstić information content (AvgIpc) is 2.81. The summed E-state index contributed by atoms with van der Waals surface area (Å²) in [6.07, 6.45) is 1.18. The second kappa shape index (κ2) is 8.98. The molecule has 1 fully saturated rings. The number of rotatable bonds is 5. The number of carboxylic acid groups (broad SMARTS) is 1. The Hall–Kier alpha value is -4.00. The molecule has 2 N–H and O–H groups in total. The van der Waals surface area contributed by atoms with Gasteiger partial charge >= 0.3 is 5.97 Å². The van der Waals surface area contributed by atoms with Gasteiger partial charge in [-0.15, -0.1) is 0 Å². The SMILES string of the molecule is Cc1cc(C(C)Nc2ccccc2C(=O)O)c2nc(N3CCC(F)(F)C(C)C3)c(C#N)c(=O)n2c1. The highest BCUT2D eigenvalue weighted by molar-refractivity contribution is 5.94. The number of carboxylic acids is 1. The van der Waals surface area contributed by atoms with Crippen molar-refractivity contribution < 1.29 is 18.7 Å². The van der Waals surface area contributed by atoms with Crippen molar-refractivity contribution in [2.24, 2.45) is 5.92 Å². The summed E-state index contributed by atoms with van der Waals surface area (Å²) < 4.78 is 29.5. The van der Waals surface area contributed by atoms with Crippen molar-refractivity contribution in [1.82, 2.24) is 9.38 Å². The van der Waals surface area contributed by atoms with Gasteiger partial charge in [0.1, 0.15) is 11.7 Å². The van der Waals surface area contributed by atoms with Gasteiger partial charge in [-0.25, -0.2) is 18.6 Å². The van der Waals surface area contributed by atoms with Crippen LogP contribution in [-0.4, -0.2) is 39.5 Å². The number of nitrogens with one attached hydrogen (secondary N) is 1. The van der Waals surface area contributed by atoms with Gasteiger partial charge in [-0.1, -0.05) is 19.1 Å². The van der Waals surface area contributed by atoms with Crippen LogP contribution in [0.1, 0.15) is 53.4 Å². The molecule has 2 aromatic heterocycles. The number of benzene rings is 1. The molecule has 8 nitrogen and oxygen atoms in total. The number of hydrogen-bond acceptors (Lipinski definition) is 6. The lowest BCUT2D eigenvalue weighted by Gasteiger charge is -2.37. The summed E-state index contributed by atoms with van der Waals surface area (Å²) in [6.45, 7) is 4.97. The molecule has 0 amide bonds. The Labute approximate surface area is 200 Å². The summed E-state index contributed by atoms with van der Waals surface area (Å²) in [5.74, 6) is -4.79. The lowest BCUT2D eigenvalue weighted by atomic mass is 9.95. The third-order valence-electron chi connectivity index (χ3n) is 6.41. The van der Waals surface area contributed by atoms with Crippen LogP contribution in [0.2, 0.25) is 0 Å². The molecule has 2 atom stereocenters. The number of pyridine rings is 1. The van der Waals surface area contributed by atoms with E-state index in [0.29, 0.717) is 11.3 Å². The third-order valence-corrected chi connectivity index (χ3v) is 6.41. The normalized spacial score (nSPS) is 18.2. The van der Waals surface area contributed by atoms with Crippen molar-refractivity contribution in [3.8, 4) is 6.07 Å². The zero-order valence-electron chi connectivity index (χ0n) is 19.5. The molecule has 0 bridgehead atoms. The third kappa shape index (κ3) is 4.41. The summed E-state index contributed by atoms with van der Waals surface area (Å²) in [6, 6.07) is 9.73. The number of nitrogens with zero attached hydrogens (tertiary/aromatic N) is 4. The number of aromatic nitrogens is 2. The number of aromatic carboxylic acids is 1. The summed E-state index contributed by atoms with van der Waals surface area (Å²) in [5.41, 5.74) is 1.32. The maximum absolute atomic E-state index is 14.1. The maximum Gasteiger partial charge on any atom is 0.337 e. The molecule has 3 heterocycles. The van der Waals surface area contributed by atoms with Gasteiger partial charge < -0.3 is 15.3 Å². The first-order valence-electron chi connectivity index (χ1n) is 11.2. The first-order chi connectivity index (χ1) is 16.5. The molecule has 1 saturated heterocycles. The minimum absolute atomic E-state index is 0.0321. The highest BCUT2D eigenvalue weighted by Gasteiger charge is 2.42. The number of fused-ring (bicyclic) bond motifs is 1. The lowest BCUT2D eigenvalue weighted by Crippen LogP contribution is -2.47. The minimum atomic E-state index is -2.83. The van der Waals surface area contributed by atoms with Crippen LogP contribution in [-0.2, 0) is 0 Å². The Balaban J connectivity index is 1.84. The fraction of sp³-hybridized carbons (Fsp3) is 0.360. The highest BCUT2D eigenvalue weighted by atomic mass is 19.3. The van der Waals surface area contributed by atoms with Crippen molar-refractivity contribution in [3.63, 3.8) is 0 Å². The van der Waals surface area contributed by atoms with Crippen LogP contribution in [0.5, 0.6) is 0 Å². The number of carbonyl (C=O) groups is 1. The topological polar surface area (TPSA) is 111 Å². The Bertz CT molecular complexity index is 1410. The Morgan fingerprint density at radius 2 is 2.09 bits per heavy atom.